The molecule has 2 heterocycles. The molecule has 28 heavy (non-hydrogen) atoms. The molecule has 2 nitrogen and oxygen atoms in total. The fourth-order valence-electron chi connectivity index (χ4n) is 3.15. The zero-order chi connectivity index (χ0) is 20.3. The molecule has 0 amide bonds. The summed E-state index contributed by atoms with van der Waals surface area (Å²) in [6, 6.07) is 6.13. The zero-order valence-corrected chi connectivity index (χ0v) is 17.5. The predicted molar refractivity (Wildman–Crippen MR) is 107 cm³/mol. The van der Waals surface area contributed by atoms with E-state index in [1.165, 1.54) is 11.3 Å². The van der Waals surface area contributed by atoms with Gasteiger partial charge in [-0.3, -0.25) is 4.98 Å². The molecule has 0 unspecified atom stereocenters. The molecule has 1 aliphatic rings. The number of aromatic nitrogens is 2. The van der Waals surface area contributed by atoms with Gasteiger partial charge in [0.25, 0.3) is 0 Å². The lowest BCUT2D eigenvalue weighted by molar-refractivity contribution is -0.137. The van der Waals surface area contributed by atoms with Gasteiger partial charge in [0.15, 0.2) is 0 Å². The fourth-order valence-corrected chi connectivity index (χ4v) is 5.18. The maximum absolute atomic E-state index is 12.9. The van der Waals surface area contributed by atoms with E-state index in [2.05, 4.69) is 4.98 Å². The summed E-state index contributed by atoms with van der Waals surface area (Å²) in [7, 11) is 0. The molecule has 0 spiro atoms. The highest BCUT2D eigenvalue weighted by molar-refractivity contribution is 7.12. The van der Waals surface area contributed by atoms with Gasteiger partial charge in [0.05, 0.1) is 32.4 Å². The summed E-state index contributed by atoms with van der Waals surface area (Å²) >= 11 is 20.0. The molecule has 1 fully saturated rings. The topological polar surface area (TPSA) is 25.8 Å². The second-order valence-corrected chi connectivity index (χ2v) is 9.14. The average Bonchev–Trinajstić information content (AvgIpc) is 3.31. The van der Waals surface area contributed by atoms with Crippen molar-refractivity contribution in [2.45, 2.75) is 31.4 Å². The van der Waals surface area contributed by atoms with Gasteiger partial charge in [-0.2, -0.15) is 13.2 Å². The van der Waals surface area contributed by atoms with Crippen molar-refractivity contribution in [1.82, 2.24) is 9.97 Å². The molecule has 0 N–H and O–H groups in total. The third-order valence-electron chi connectivity index (χ3n) is 4.76. The minimum atomic E-state index is -4.48. The summed E-state index contributed by atoms with van der Waals surface area (Å²) in [5.41, 5.74) is 0.517. The second-order valence-electron chi connectivity index (χ2n) is 6.68. The number of hydrogen-bond donors (Lipinski definition) is 0. The van der Waals surface area contributed by atoms with Crippen LogP contribution in [0, 0.1) is 6.92 Å². The summed E-state index contributed by atoms with van der Waals surface area (Å²) < 4.78 is 38.7. The van der Waals surface area contributed by atoms with E-state index in [0.29, 0.717) is 15.7 Å². The normalized spacial score (nSPS) is 15.7. The van der Waals surface area contributed by atoms with Gasteiger partial charge in [0, 0.05) is 21.7 Å². The van der Waals surface area contributed by atoms with Gasteiger partial charge in [-0.15, -0.1) is 11.3 Å². The molecule has 4 rings (SSSR count). The van der Waals surface area contributed by atoms with Crippen LogP contribution in [0.15, 0.2) is 30.5 Å². The summed E-state index contributed by atoms with van der Waals surface area (Å²) in [5.74, 6) is 0. The zero-order valence-electron chi connectivity index (χ0n) is 14.4. The number of benzene rings is 1. The Morgan fingerprint density at radius 1 is 1.07 bits per heavy atom. The third-order valence-corrected chi connectivity index (χ3v) is 6.77. The number of aryl methyl sites for hydroxylation is 1. The smallest absolute Gasteiger partial charge is 0.258 e. The van der Waals surface area contributed by atoms with Crippen molar-refractivity contribution >= 4 is 46.1 Å². The van der Waals surface area contributed by atoms with E-state index in [1.54, 1.807) is 18.2 Å². The first-order valence-electron chi connectivity index (χ1n) is 8.28. The second kappa shape index (κ2) is 6.87. The van der Waals surface area contributed by atoms with E-state index in [4.69, 9.17) is 39.8 Å². The Hall–Kier alpha value is -1.34. The molecule has 2 aromatic heterocycles. The largest absolute Gasteiger partial charge is 0.417 e. The molecular weight excluding hydrogens is 452 g/mol. The molecule has 0 aliphatic heterocycles. The van der Waals surface area contributed by atoms with Crippen molar-refractivity contribution in [3.63, 3.8) is 0 Å². The van der Waals surface area contributed by atoms with Crippen LogP contribution >= 0.6 is 46.1 Å². The Bertz CT molecular complexity index is 1070. The van der Waals surface area contributed by atoms with E-state index in [1.807, 2.05) is 6.92 Å². The van der Waals surface area contributed by atoms with Crippen LogP contribution in [0.5, 0.6) is 0 Å². The van der Waals surface area contributed by atoms with Crippen LogP contribution in [0.2, 0.25) is 15.1 Å². The quantitative estimate of drug-likeness (QED) is 0.400. The Morgan fingerprint density at radius 2 is 1.79 bits per heavy atom. The number of hydrogen-bond acceptors (Lipinski definition) is 3. The van der Waals surface area contributed by atoms with Crippen LogP contribution in [0.3, 0.4) is 0 Å². The van der Waals surface area contributed by atoms with E-state index >= 15 is 0 Å². The summed E-state index contributed by atoms with van der Waals surface area (Å²) in [6.07, 6.45) is -2.20. The minimum absolute atomic E-state index is 0.00579. The van der Waals surface area contributed by atoms with Crippen molar-refractivity contribution in [2.24, 2.45) is 0 Å². The highest BCUT2D eigenvalue weighted by Gasteiger charge is 2.51. The van der Waals surface area contributed by atoms with Gasteiger partial charge in [0.1, 0.15) is 5.01 Å². The summed E-state index contributed by atoms with van der Waals surface area (Å²) in [6.45, 7) is 1.93. The van der Waals surface area contributed by atoms with Crippen LogP contribution < -0.4 is 0 Å². The first-order valence-corrected chi connectivity index (χ1v) is 10.2. The van der Waals surface area contributed by atoms with Crippen molar-refractivity contribution < 1.29 is 13.2 Å². The molecule has 146 valence electrons. The SMILES string of the molecule is Cc1sc(C2(c3ncc(C(F)(F)F)cc3Cl)CC2)nc1-c1ccc(Cl)cc1Cl. The lowest BCUT2D eigenvalue weighted by Gasteiger charge is -2.15. The van der Waals surface area contributed by atoms with Gasteiger partial charge in [-0.1, -0.05) is 34.8 Å². The highest BCUT2D eigenvalue weighted by atomic mass is 35.5. The highest BCUT2D eigenvalue weighted by Crippen LogP contribution is 2.56. The Kier molecular flexibility index (Phi) is 4.90. The van der Waals surface area contributed by atoms with Crippen molar-refractivity contribution in [2.75, 3.05) is 0 Å². The van der Waals surface area contributed by atoms with Gasteiger partial charge in [-0.25, -0.2) is 4.98 Å². The summed E-state index contributed by atoms with van der Waals surface area (Å²) in [4.78, 5) is 9.78. The molecular formula is C19H12Cl3F3N2S. The van der Waals surface area contributed by atoms with Gasteiger partial charge in [0.2, 0.25) is 0 Å². The van der Waals surface area contributed by atoms with Gasteiger partial charge < -0.3 is 0 Å². The molecule has 0 saturated heterocycles. The Labute approximate surface area is 178 Å². The van der Waals surface area contributed by atoms with Crippen molar-refractivity contribution in [3.8, 4) is 11.3 Å². The molecule has 0 atom stereocenters. The van der Waals surface area contributed by atoms with Crippen LogP contribution in [-0.2, 0) is 11.6 Å². The van der Waals surface area contributed by atoms with E-state index < -0.39 is 17.2 Å². The standard InChI is InChI=1S/C19H12Cl3F3N2S/c1-9-15(12-3-2-11(20)7-13(12)21)27-17(28-9)18(4-5-18)16-14(22)6-10(8-26-16)19(23,24)25/h2-3,6-8H,4-5H2,1H3. The first kappa shape index (κ1) is 20.0. The summed E-state index contributed by atoms with van der Waals surface area (Å²) in [5, 5.41) is 1.80. The van der Waals surface area contributed by atoms with Gasteiger partial charge in [-0.05, 0) is 44.0 Å². The van der Waals surface area contributed by atoms with Crippen LogP contribution in [0.25, 0.3) is 11.3 Å². The van der Waals surface area contributed by atoms with E-state index in [-0.39, 0.29) is 5.02 Å². The van der Waals surface area contributed by atoms with Gasteiger partial charge >= 0.3 is 6.18 Å². The monoisotopic (exact) mass is 462 g/mol. The van der Waals surface area contributed by atoms with Crippen LogP contribution in [0.4, 0.5) is 13.2 Å². The predicted octanol–water partition coefficient (Wildman–Crippen LogP) is 7.57. The maximum Gasteiger partial charge on any atom is 0.417 e. The molecule has 1 saturated carbocycles. The Balaban J connectivity index is 1.76. The molecule has 0 radical (unpaired) electrons. The average molecular weight is 464 g/mol. The lowest BCUT2D eigenvalue weighted by Crippen LogP contribution is -2.14. The number of nitrogens with zero attached hydrogens (tertiary/aromatic N) is 2. The number of alkyl halides is 3. The lowest BCUT2D eigenvalue weighted by atomic mass is 10.0. The molecule has 1 aromatic carbocycles. The van der Waals surface area contributed by atoms with E-state index in [0.717, 1.165) is 46.2 Å². The Morgan fingerprint density at radius 3 is 2.36 bits per heavy atom. The third kappa shape index (κ3) is 3.41. The first-order chi connectivity index (χ1) is 13.1. The maximum atomic E-state index is 12.9. The number of halogens is 6. The number of thiazole rings is 1. The minimum Gasteiger partial charge on any atom is -0.258 e. The van der Waals surface area contributed by atoms with Crippen molar-refractivity contribution in [1.29, 1.82) is 0 Å². The van der Waals surface area contributed by atoms with Crippen molar-refractivity contribution in [3.05, 3.63) is 66.7 Å². The molecule has 3 aromatic rings. The van der Waals surface area contributed by atoms with Crippen LogP contribution in [-0.4, -0.2) is 9.97 Å². The molecule has 0 bridgehead atoms. The fraction of sp³-hybridized carbons (Fsp3) is 0.263. The number of pyridine rings is 1. The number of rotatable bonds is 3. The van der Waals surface area contributed by atoms with Crippen LogP contribution in [0.1, 0.15) is 34.0 Å². The molecule has 1 aliphatic carbocycles. The van der Waals surface area contributed by atoms with E-state index in [9.17, 15) is 13.2 Å². The molecule has 9 heteroatoms.